The summed E-state index contributed by atoms with van der Waals surface area (Å²) in [4.78, 5) is 16.6. The zero-order chi connectivity index (χ0) is 15.0. The maximum atomic E-state index is 12.2. The second-order valence-corrected chi connectivity index (χ2v) is 5.39. The van der Waals surface area contributed by atoms with Crippen molar-refractivity contribution in [2.24, 2.45) is 0 Å². The molecule has 0 aromatic rings. The zero-order valence-electron chi connectivity index (χ0n) is 13.3. The lowest BCUT2D eigenvalue weighted by molar-refractivity contribution is -0.127. The van der Waals surface area contributed by atoms with Crippen molar-refractivity contribution in [1.82, 2.24) is 9.80 Å². The molecule has 0 aliphatic carbocycles. The third kappa shape index (κ3) is 5.33. The molecule has 1 aliphatic rings. The maximum absolute atomic E-state index is 12.2. The first-order chi connectivity index (χ1) is 9.58. The summed E-state index contributed by atoms with van der Waals surface area (Å²) in [6.45, 7) is 9.44. The van der Waals surface area contributed by atoms with Crippen molar-refractivity contribution in [2.45, 2.75) is 39.7 Å². The second kappa shape index (κ2) is 8.75. The van der Waals surface area contributed by atoms with Crippen LogP contribution in [0.5, 0.6) is 0 Å². The van der Waals surface area contributed by atoms with Crippen LogP contribution in [0.25, 0.3) is 0 Å². The fourth-order valence-electron chi connectivity index (χ4n) is 2.47. The molecule has 0 N–H and O–H groups in total. The molecule has 0 spiro atoms. The third-order valence-corrected chi connectivity index (χ3v) is 3.91. The van der Waals surface area contributed by atoms with Gasteiger partial charge in [0.2, 0.25) is 5.91 Å². The number of rotatable bonds is 5. The van der Waals surface area contributed by atoms with Crippen molar-refractivity contribution in [3.05, 3.63) is 36.0 Å². The molecule has 3 nitrogen and oxygen atoms in total. The molecule has 0 bridgehead atoms. The van der Waals surface area contributed by atoms with Gasteiger partial charge in [-0.1, -0.05) is 31.2 Å². The molecule has 0 atom stereocenters. The van der Waals surface area contributed by atoms with Gasteiger partial charge < -0.3 is 9.80 Å². The topological polar surface area (TPSA) is 23.6 Å². The molecule has 20 heavy (non-hydrogen) atoms. The standard InChI is InChI=1S/C17H28N2O/c1-5-7-8-9-15(3)14-17(20)18(4)16-10-12-19(6-2)13-11-16/h5,7-9,14,16H,6,10-13H2,1-4H3/b7-5-,9-8+,15-14+. The van der Waals surface area contributed by atoms with Crippen LogP contribution < -0.4 is 0 Å². The lowest BCUT2D eigenvalue weighted by atomic mass is 10.0. The number of hydrogen-bond acceptors (Lipinski definition) is 2. The van der Waals surface area contributed by atoms with Gasteiger partial charge in [-0.3, -0.25) is 4.79 Å². The first-order valence-electron chi connectivity index (χ1n) is 7.55. The van der Waals surface area contributed by atoms with E-state index in [9.17, 15) is 4.79 Å². The molecule has 0 aromatic heterocycles. The predicted octanol–water partition coefficient (Wildman–Crippen LogP) is 3.01. The molecule has 0 radical (unpaired) electrons. The minimum Gasteiger partial charge on any atom is -0.339 e. The van der Waals surface area contributed by atoms with E-state index in [0.717, 1.165) is 38.0 Å². The van der Waals surface area contributed by atoms with Crippen LogP contribution >= 0.6 is 0 Å². The largest absolute Gasteiger partial charge is 0.339 e. The van der Waals surface area contributed by atoms with Gasteiger partial charge in [0, 0.05) is 32.3 Å². The summed E-state index contributed by atoms with van der Waals surface area (Å²) >= 11 is 0. The van der Waals surface area contributed by atoms with Crippen LogP contribution in [0.3, 0.4) is 0 Å². The molecular weight excluding hydrogens is 248 g/mol. The molecule has 1 heterocycles. The summed E-state index contributed by atoms with van der Waals surface area (Å²) in [6, 6.07) is 0.383. The number of amides is 1. The minimum atomic E-state index is 0.113. The number of likely N-dealkylation sites (N-methyl/N-ethyl adjacent to an activating group) is 1. The van der Waals surface area contributed by atoms with Crippen molar-refractivity contribution in [3.8, 4) is 0 Å². The lowest BCUT2D eigenvalue weighted by Crippen LogP contribution is -2.45. The summed E-state index contributed by atoms with van der Waals surface area (Å²) in [7, 11) is 1.92. The Labute approximate surface area is 123 Å². The van der Waals surface area contributed by atoms with E-state index in [1.165, 1.54) is 0 Å². The van der Waals surface area contributed by atoms with Crippen molar-refractivity contribution >= 4 is 5.91 Å². The SMILES string of the molecule is C\C=C/C=C/C(C)=C/C(=O)N(C)C1CCN(CC)CC1. The Morgan fingerprint density at radius 3 is 2.50 bits per heavy atom. The van der Waals surface area contributed by atoms with E-state index in [-0.39, 0.29) is 5.91 Å². The van der Waals surface area contributed by atoms with Crippen molar-refractivity contribution in [2.75, 3.05) is 26.7 Å². The van der Waals surface area contributed by atoms with Crippen LogP contribution in [0.1, 0.15) is 33.6 Å². The molecule has 1 aliphatic heterocycles. The van der Waals surface area contributed by atoms with Crippen molar-refractivity contribution in [3.63, 3.8) is 0 Å². The molecule has 1 amide bonds. The fourth-order valence-corrected chi connectivity index (χ4v) is 2.47. The van der Waals surface area contributed by atoms with Crippen LogP contribution in [-0.4, -0.2) is 48.4 Å². The van der Waals surface area contributed by atoms with Gasteiger partial charge in [-0.15, -0.1) is 0 Å². The summed E-state index contributed by atoms with van der Waals surface area (Å²) in [6.07, 6.45) is 11.7. The Kier molecular flexibility index (Phi) is 7.31. The van der Waals surface area contributed by atoms with Crippen molar-refractivity contribution in [1.29, 1.82) is 0 Å². The highest BCUT2D eigenvalue weighted by Gasteiger charge is 2.23. The van der Waals surface area contributed by atoms with E-state index in [2.05, 4.69) is 11.8 Å². The molecule has 0 aromatic carbocycles. The second-order valence-electron chi connectivity index (χ2n) is 5.39. The van der Waals surface area contributed by atoms with E-state index in [1.807, 2.05) is 50.1 Å². The van der Waals surface area contributed by atoms with Gasteiger partial charge in [0.05, 0.1) is 0 Å². The lowest BCUT2D eigenvalue weighted by Gasteiger charge is -2.35. The van der Waals surface area contributed by atoms with Gasteiger partial charge in [-0.05, 0) is 38.8 Å². The van der Waals surface area contributed by atoms with Gasteiger partial charge in [0.1, 0.15) is 0 Å². The molecule has 0 unspecified atom stereocenters. The first-order valence-corrected chi connectivity index (χ1v) is 7.55. The fraction of sp³-hybridized carbons (Fsp3) is 0.588. The quantitative estimate of drug-likeness (QED) is 0.569. The Hall–Kier alpha value is -1.35. The van der Waals surface area contributed by atoms with E-state index < -0.39 is 0 Å². The smallest absolute Gasteiger partial charge is 0.246 e. The minimum absolute atomic E-state index is 0.113. The highest BCUT2D eigenvalue weighted by Crippen LogP contribution is 2.15. The molecule has 3 heteroatoms. The Morgan fingerprint density at radius 1 is 1.30 bits per heavy atom. The summed E-state index contributed by atoms with van der Waals surface area (Å²) in [5.41, 5.74) is 0.992. The summed E-state index contributed by atoms with van der Waals surface area (Å²) < 4.78 is 0. The van der Waals surface area contributed by atoms with Gasteiger partial charge in [0.25, 0.3) is 0 Å². The Morgan fingerprint density at radius 2 is 1.95 bits per heavy atom. The van der Waals surface area contributed by atoms with Gasteiger partial charge >= 0.3 is 0 Å². The number of likely N-dealkylation sites (tertiary alicyclic amines) is 1. The zero-order valence-corrected chi connectivity index (χ0v) is 13.3. The Balaban J connectivity index is 2.52. The normalized spacial score (nSPS) is 19.1. The molecular formula is C17H28N2O. The molecule has 0 saturated carbocycles. The number of allylic oxidation sites excluding steroid dienone is 5. The summed E-state index contributed by atoms with van der Waals surface area (Å²) in [5.74, 6) is 0.113. The third-order valence-electron chi connectivity index (χ3n) is 3.91. The average molecular weight is 276 g/mol. The van der Waals surface area contributed by atoms with Gasteiger partial charge in [-0.2, -0.15) is 0 Å². The number of hydrogen-bond donors (Lipinski definition) is 0. The highest BCUT2D eigenvalue weighted by atomic mass is 16.2. The van der Waals surface area contributed by atoms with Crippen LogP contribution in [0, 0.1) is 0 Å². The number of piperidine rings is 1. The predicted molar refractivity (Wildman–Crippen MR) is 85.6 cm³/mol. The molecule has 112 valence electrons. The van der Waals surface area contributed by atoms with Gasteiger partial charge in [-0.25, -0.2) is 0 Å². The highest BCUT2D eigenvalue weighted by molar-refractivity contribution is 5.88. The molecule has 1 saturated heterocycles. The Bertz CT molecular complexity index is 388. The van der Waals surface area contributed by atoms with Crippen LogP contribution in [0.4, 0.5) is 0 Å². The van der Waals surface area contributed by atoms with E-state index >= 15 is 0 Å². The van der Waals surface area contributed by atoms with Crippen molar-refractivity contribution < 1.29 is 4.79 Å². The molecule has 1 fully saturated rings. The van der Waals surface area contributed by atoms with Crippen LogP contribution in [0.2, 0.25) is 0 Å². The van der Waals surface area contributed by atoms with E-state index in [0.29, 0.717) is 6.04 Å². The number of carbonyl (C=O) groups is 1. The van der Waals surface area contributed by atoms with Crippen LogP contribution in [-0.2, 0) is 4.79 Å². The number of carbonyl (C=O) groups excluding carboxylic acids is 1. The van der Waals surface area contributed by atoms with Crippen LogP contribution in [0.15, 0.2) is 36.0 Å². The van der Waals surface area contributed by atoms with Gasteiger partial charge in [0.15, 0.2) is 0 Å². The van der Waals surface area contributed by atoms with E-state index in [1.54, 1.807) is 6.08 Å². The molecule has 1 rings (SSSR count). The monoisotopic (exact) mass is 276 g/mol. The summed E-state index contributed by atoms with van der Waals surface area (Å²) in [5, 5.41) is 0. The average Bonchev–Trinajstić information content (AvgIpc) is 2.46. The van der Waals surface area contributed by atoms with E-state index in [4.69, 9.17) is 0 Å². The first kappa shape index (κ1) is 16.7. The number of nitrogens with zero attached hydrogens (tertiary/aromatic N) is 2. The maximum Gasteiger partial charge on any atom is 0.246 e.